The van der Waals surface area contributed by atoms with Gasteiger partial charge >= 0.3 is 24.2 Å². The Morgan fingerprint density at radius 1 is 1.03 bits per heavy atom. The molecule has 2 rings (SSSR count). The number of anilines is 2. The summed E-state index contributed by atoms with van der Waals surface area (Å²) < 4.78 is 44.3. The summed E-state index contributed by atoms with van der Waals surface area (Å²) in [5.74, 6) is -0.600. The van der Waals surface area contributed by atoms with E-state index in [-0.39, 0.29) is 54.1 Å². The molecule has 0 aliphatic rings. The van der Waals surface area contributed by atoms with E-state index in [2.05, 4.69) is 16.0 Å². The molecule has 0 spiro atoms. The second-order valence-corrected chi connectivity index (χ2v) is 7.84. The van der Waals surface area contributed by atoms with Crippen LogP contribution in [0.25, 0.3) is 0 Å². The van der Waals surface area contributed by atoms with Gasteiger partial charge in [-0.2, -0.15) is 13.2 Å². The molecule has 0 aliphatic carbocycles. The van der Waals surface area contributed by atoms with Crippen LogP contribution in [-0.4, -0.2) is 44.3 Å². The summed E-state index contributed by atoms with van der Waals surface area (Å²) in [5, 5.41) is 7.84. The van der Waals surface area contributed by atoms with Crippen LogP contribution in [0.3, 0.4) is 0 Å². The minimum absolute atomic E-state index is 0.00384. The number of nitrogens with one attached hydrogen (secondary N) is 3. The Hall–Kier alpha value is -3.18. The summed E-state index contributed by atoms with van der Waals surface area (Å²) in [7, 11) is 0. The van der Waals surface area contributed by atoms with E-state index in [1.165, 1.54) is 30.3 Å². The normalized spacial score (nSPS) is 10.9. The number of alkyl halides is 3. The minimum atomic E-state index is -4.60. The van der Waals surface area contributed by atoms with Gasteiger partial charge < -0.3 is 20.7 Å². The molecule has 8 nitrogen and oxygen atoms in total. The fourth-order valence-electron chi connectivity index (χ4n) is 2.83. The molecule has 0 atom stereocenters. The number of benzene rings is 2. The molecule has 2 aromatic carbocycles. The molecule has 0 heterocycles. The van der Waals surface area contributed by atoms with Gasteiger partial charge in [0, 0.05) is 24.5 Å². The van der Waals surface area contributed by atoms with Crippen molar-refractivity contribution < 1.29 is 32.3 Å². The van der Waals surface area contributed by atoms with Crippen LogP contribution in [0, 0.1) is 0 Å². The van der Waals surface area contributed by atoms with Crippen molar-refractivity contribution in [3.05, 3.63) is 58.1 Å². The van der Waals surface area contributed by atoms with Crippen LogP contribution in [0.5, 0.6) is 0 Å². The Balaban J connectivity index is 2.08. The van der Waals surface area contributed by atoms with Crippen molar-refractivity contribution in [1.29, 1.82) is 0 Å². The zero-order valence-corrected chi connectivity index (χ0v) is 20.1. The largest absolute Gasteiger partial charge is 0.465 e. The quantitative estimate of drug-likeness (QED) is 0.300. The predicted octanol–water partition coefficient (Wildman–Crippen LogP) is 5.30. The van der Waals surface area contributed by atoms with Gasteiger partial charge in [0.2, 0.25) is 0 Å². The van der Waals surface area contributed by atoms with Gasteiger partial charge in [0.1, 0.15) is 6.54 Å². The molecule has 0 saturated heterocycles. The number of carbonyl (C=O) groups is 3. The number of amides is 4. The highest BCUT2D eigenvalue weighted by atomic mass is 35.5. The average molecular weight is 535 g/mol. The number of ether oxygens (including phenoxy) is 1. The van der Waals surface area contributed by atoms with Crippen LogP contribution < -0.4 is 20.9 Å². The number of carbonyl (C=O) groups excluding carboxylic acids is 3. The van der Waals surface area contributed by atoms with E-state index in [4.69, 9.17) is 27.9 Å². The molecule has 0 aromatic heterocycles. The van der Waals surface area contributed by atoms with Crippen LogP contribution in [-0.2, 0) is 15.7 Å². The first-order valence-corrected chi connectivity index (χ1v) is 11.1. The van der Waals surface area contributed by atoms with Gasteiger partial charge in [0.05, 0.1) is 22.2 Å². The smallest absolute Gasteiger partial charge is 0.416 e. The van der Waals surface area contributed by atoms with E-state index in [9.17, 15) is 27.6 Å². The number of hydrogen-bond donors (Lipinski definition) is 3. The highest BCUT2D eigenvalue weighted by Crippen LogP contribution is 2.32. The molecule has 4 amide bonds. The third-order valence-corrected chi connectivity index (χ3v) is 5.18. The van der Waals surface area contributed by atoms with Crippen LogP contribution in [0.1, 0.15) is 18.9 Å². The van der Waals surface area contributed by atoms with Crippen molar-refractivity contribution in [3.63, 3.8) is 0 Å². The number of halogens is 5. The molecule has 0 bridgehead atoms. The summed E-state index contributed by atoms with van der Waals surface area (Å²) >= 11 is 11.8. The molecule has 35 heavy (non-hydrogen) atoms. The lowest BCUT2D eigenvalue weighted by molar-refractivity contribution is -0.141. The molecule has 190 valence electrons. The van der Waals surface area contributed by atoms with Gasteiger partial charge in [-0.25, -0.2) is 9.59 Å². The standard InChI is InChI=1S/C22H23Cl2F3N4O4/c1-2-35-19(32)13-29-20(33)28-9-4-10-31(16-6-3-5-14(11-16)22(25,26)27)21(34)30-15-7-8-17(23)18(24)12-15/h3,5-8,11-12H,2,4,9-10,13H2,1H3,(H,30,34)(H2,28,29,33). The van der Waals surface area contributed by atoms with Crippen molar-refractivity contribution in [2.24, 2.45) is 0 Å². The Bertz CT molecular complexity index is 1050. The van der Waals surface area contributed by atoms with E-state index < -0.39 is 29.8 Å². The summed E-state index contributed by atoms with van der Waals surface area (Å²) in [4.78, 5) is 37.1. The number of urea groups is 2. The molecular formula is C22H23Cl2F3N4O4. The molecule has 13 heteroatoms. The van der Waals surface area contributed by atoms with Crippen LogP contribution in [0.2, 0.25) is 10.0 Å². The van der Waals surface area contributed by atoms with Crippen molar-refractivity contribution in [1.82, 2.24) is 10.6 Å². The predicted molar refractivity (Wildman–Crippen MR) is 127 cm³/mol. The Morgan fingerprint density at radius 3 is 2.43 bits per heavy atom. The molecular weight excluding hydrogens is 512 g/mol. The van der Waals surface area contributed by atoms with Gasteiger partial charge in [-0.1, -0.05) is 29.3 Å². The fraction of sp³-hybridized carbons (Fsp3) is 0.318. The molecule has 0 fully saturated rings. The number of rotatable bonds is 9. The first kappa shape index (κ1) is 28.1. The van der Waals surface area contributed by atoms with Gasteiger partial charge in [0.25, 0.3) is 0 Å². The first-order chi connectivity index (χ1) is 16.5. The van der Waals surface area contributed by atoms with Crippen LogP contribution in [0.15, 0.2) is 42.5 Å². The highest BCUT2D eigenvalue weighted by molar-refractivity contribution is 6.42. The molecule has 0 aliphatic heterocycles. The monoisotopic (exact) mass is 534 g/mol. The van der Waals surface area contributed by atoms with Gasteiger partial charge in [-0.05, 0) is 49.7 Å². The molecule has 0 radical (unpaired) electrons. The van der Waals surface area contributed by atoms with E-state index >= 15 is 0 Å². The lowest BCUT2D eigenvalue weighted by atomic mass is 10.1. The highest BCUT2D eigenvalue weighted by Gasteiger charge is 2.31. The Kier molecular flexibility index (Phi) is 10.5. The first-order valence-electron chi connectivity index (χ1n) is 10.4. The molecule has 0 saturated carbocycles. The molecule has 3 N–H and O–H groups in total. The molecule has 0 unspecified atom stereocenters. The van der Waals surface area contributed by atoms with E-state index in [0.29, 0.717) is 0 Å². The van der Waals surface area contributed by atoms with Crippen molar-refractivity contribution in [3.8, 4) is 0 Å². The number of nitrogens with zero attached hydrogens (tertiary/aromatic N) is 1. The molecule has 2 aromatic rings. The zero-order valence-electron chi connectivity index (χ0n) is 18.5. The van der Waals surface area contributed by atoms with E-state index in [1.807, 2.05) is 0 Å². The van der Waals surface area contributed by atoms with Crippen molar-refractivity contribution in [2.45, 2.75) is 19.5 Å². The zero-order chi connectivity index (χ0) is 26.0. The second-order valence-electron chi connectivity index (χ2n) is 7.03. The maximum atomic E-state index is 13.2. The Morgan fingerprint density at radius 2 is 1.77 bits per heavy atom. The van der Waals surface area contributed by atoms with Gasteiger partial charge in [-0.3, -0.25) is 9.69 Å². The van der Waals surface area contributed by atoms with Crippen LogP contribution >= 0.6 is 23.2 Å². The SMILES string of the molecule is CCOC(=O)CNC(=O)NCCCN(C(=O)Nc1ccc(Cl)c(Cl)c1)c1cccc(C(F)(F)F)c1. The fourth-order valence-corrected chi connectivity index (χ4v) is 3.13. The van der Waals surface area contributed by atoms with Gasteiger partial charge in [-0.15, -0.1) is 0 Å². The summed E-state index contributed by atoms with van der Waals surface area (Å²) in [6, 6.07) is 7.32. The maximum Gasteiger partial charge on any atom is 0.416 e. The van der Waals surface area contributed by atoms with Crippen molar-refractivity contribution >= 4 is 52.6 Å². The second kappa shape index (κ2) is 13.1. The number of esters is 1. The van der Waals surface area contributed by atoms with Crippen molar-refractivity contribution in [2.75, 3.05) is 36.5 Å². The van der Waals surface area contributed by atoms with Crippen LogP contribution in [0.4, 0.5) is 34.1 Å². The summed E-state index contributed by atoms with van der Waals surface area (Å²) in [5.41, 5.74) is -0.624. The summed E-state index contributed by atoms with van der Waals surface area (Å²) in [6.45, 7) is 1.53. The number of hydrogen-bond acceptors (Lipinski definition) is 4. The average Bonchev–Trinajstić information content (AvgIpc) is 2.79. The van der Waals surface area contributed by atoms with E-state index in [0.717, 1.165) is 17.0 Å². The lowest BCUT2D eigenvalue weighted by Crippen LogP contribution is -2.41. The topological polar surface area (TPSA) is 99.8 Å². The summed E-state index contributed by atoms with van der Waals surface area (Å²) in [6.07, 6.45) is -4.40. The minimum Gasteiger partial charge on any atom is -0.465 e. The van der Waals surface area contributed by atoms with Gasteiger partial charge in [0.15, 0.2) is 0 Å². The maximum absolute atomic E-state index is 13.2. The van der Waals surface area contributed by atoms with E-state index in [1.54, 1.807) is 6.92 Å². The lowest BCUT2D eigenvalue weighted by Gasteiger charge is -2.24. The Labute approximate surface area is 209 Å². The third kappa shape index (κ3) is 9.18. The third-order valence-electron chi connectivity index (χ3n) is 4.44.